The van der Waals surface area contributed by atoms with E-state index in [2.05, 4.69) is 16.9 Å². The van der Waals surface area contributed by atoms with Gasteiger partial charge in [0.25, 0.3) is 5.91 Å². The van der Waals surface area contributed by atoms with Gasteiger partial charge < -0.3 is 15.0 Å². The summed E-state index contributed by atoms with van der Waals surface area (Å²) in [4.78, 5) is 18.3. The Hall–Kier alpha value is -1.72. The fraction of sp³-hybridized carbons (Fsp3) is 0.429. The monoisotopic (exact) mass is 261 g/mol. The minimum absolute atomic E-state index is 0.0160. The lowest BCUT2D eigenvalue weighted by atomic mass is 10.2. The minimum atomic E-state index is -0.405. The molecule has 2 rings (SSSR count). The number of carbonyl (C=O) groups is 1. The third-order valence-corrected chi connectivity index (χ3v) is 2.94. The van der Waals surface area contributed by atoms with E-state index < -0.39 is 6.10 Å². The number of nitrogens with one attached hydrogen (secondary N) is 1. The lowest BCUT2D eigenvalue weighted by Gasteiger charge is -2.29. The van der Waals surface area contributed by atoms with Gasteiger partial charge in [-0.3, -0.25) is 9.78 Å². The van der Waals surface area contributed by atoms with E-state index in [0.29, 0.717) is 26.2 Å². The van der Waals surface area contributed by atoms with E-state index in [1.54, 1.807) is 17.2 Å². The van der Waals surface area contributed by atoms with Crippen molar-refractivity contribution in [2.24, 2.45) is 0 Å². The summed E-state index contributed by atoms with van der Waals surface area (Å²) in [6.45, 7) is 6.60. The van der Waals surface area contributed by atoms with Gasteiger partial charge in [0.2, 0.25) is 0 Å². The third kappa shape index (κ3) is 3.87. The van der Waals surface area contributed by atoms with E-state index >= 15 is 0 Å². The molecule has 1 saturated heterocycles. The second-order valence-corrected chi connectivity index (χ2v) is 4.39. The quantitative estimate of drug-likeness (QED) is 0.788. The summed E-state index contributed by atoms with van der Waals surface area (Å²) in [7, 11) is 0. The number of pyridine rings is 1. The standard InChI is InChI=1S/C14H19N3O2/c1-2-8-17(11-12-5-3-4-6-16-12)14(18)13-10-15-7-9-19-13/h2-6,13,15H,1,7-11H2/t13-/m1/s1. The van der Waals surface area contributed by atoms with Gasteiger partial charge in [-0.1, -0.05) is 12.1 Å². The Morgan fingerprint density at radius 2 is 2.53 bits per heavy atom. The van der Waals surface area contributed by atoms with Crippen LogP contribution in [0.15, 0.2) is 37.1 Å². The largest absolute Gasteiger partial charge is 0.366 e. The van der Waals surface area contributed by atoms with Crippen molar-refractivity contribution < 1.29 is 9.53 Å². The van der Waals surface area contributed by atoms with Gasteiger partial charge in [-0.05, 0) is 12.1 Å². The molecule has 0 bridgehead atoms. The summed E-state index contributed by atoms with van der Waals surface area (Å²) in [5, 5.41) is 3.16. The van der Waals surface area contributed by atoms with Crippen LogP contribution in [-0.2, 0) is 16.1 Å². The Labute approximate surface area is 113 Å². The first-order valence-corrected chi connectivity index (χ1v) is 6.43. The van der Waals surface area contributed by atoms with E-state index in [1.165, 1.54) is 0 Å². The molecule has 2 heterocycles. The third-order valence-electron chi connectivity index (χ3n) is 2.94. The number of hydrogen-bond acceptors (Lipinski definition) is 4. The molecular weight excluding hydrogens is 242 g/mol. The molecule has 1 N–H and O–H groups in total. The Bertz CT molecular complexity index is 416. The highest BCUT2D eigenvalue weighted by atomic mass is 16.5. The summed E-state index contributed by atoms with van der Waals surface area (Å²) < 4.78 is 5.50. The summed E-state index contributed by atoms with van der Waals surface area (Å²) >= 11 is 0. The van der Waals surface area contributed by atoms with Crippen molar-refractivity contribution in [3.8, 4) is 0 Å². The van der Waals surface area contributed by atoms with Gasteiger partial charge in [-0.25, -0.2) is 0 Å². The topological polar surface area (TPSA) is 54.5 Å². The average Bonchev–Trinajstić information content (AvgIpc) is 2.48. The molecule has 1 fully saturated rings. The average molecular weight is 261 g/mol. The van der Waals surface area contributed by atoms with Crippen LogP contribution in [0.1, 0.15) is 5.69 Å². The number of hydrogen-bond donors (Lipinski definition) is 1. The number of nitrogens with zero attached hydrogens (tertiary/aromatic N) is 2. The van der Waals surface area contributed by atoms with Crippen molar-refractivity contribution in [1.82, 2.24) is 15.2 Å². The summed E-state index contributed by atoms with van der Waals surface area (Å²) in [5.74, 6) is -0.0160. The molecule has 0 unspecified atom stereocenters. The molecular formula is C14H19N3O2. The van der Waals surface area contributed by atoms with Gasteiger partial charge in [0, 0.05) is 25.8 Å². The van der Waals surface area contributed by atoms with E-state index in [-0.39, 0.29) is 5.91 Å². The molecule has 0 aromatic carbocycles. The predicted molar refractivity (Wildman–Crippen MR) is 72.5 cm³/mol. The summed E-state index contributed by atoms with van der Waals surface area (Å²) in [5.41, 5.74) is 0.862. The van der Waals surface area contributed by atoms with Crippen LogP contribution < -0.4 is 5.32 Å². The Balaban J connectivity index is 2.02. The molecule has 19 heavy (non-hydrogen) atoms. The van der Waals surface area contributed by atoms with Crippen molar-refractivity contribution in [2.75, 3.05) is 26.2 Å². The molecule has 0 aliphatic carbocycles. The molecule has 1 aliphatic heterocycles. The predicted octanol–water partition coefficient (Wildman–Crippen LogP) is 0.585. The van der Waals surface area contributed by atoms with E-state index in [1.807, 2.05) is 18.2 Å². The van der Waals surface area contributed by atoms with Gasteiger partial charge >= 0.3 is 0 Å². The molecule has 0 radical (unpaired) electrons. The van der Waals surface area contributed by atoms with Crippen LogP contribution in [0.5, 0.6) is 0 Å². The lowest BCUT2D eigenvalue weighted by Crippen LogP contribution is -2.49. The molecule has 0 spiro atoms. The fourth-order valence-corrected chi connectivity index (χ4v) is 2.00. The second-order valence-electron chi connectivity index (χ2n) is 4.39. The number of rotatable bonds is 5. The molecule has 5 nitrogen and oxygen atoms in total. The normalized spacial score (nSPS) is 18.8. The van der Waals surface area contributed by atoms with Crippen molar-refractivity contribution in [3.05, 3.63) is 42.7 Å². The highest BCUT2D eigenvalue weighted by molar-refractivity contribution is 5.81. The highest BCUT2D eigenvalue weighted by Gasteiger charge is 2.26. The van der Waals surface area contributed by atoms with Gasteiger partial charge in [0.1, 0.15) is 6.10 Å². The number of aromatic nitrogens is 1. The van der Waals surface area contributed by atoms with Crippen LogP contribution in [0.2, 0.25) is 0 Å². The summed E-state index contributed by atoms with van der Waals surface area (Å²) in [6.07, 6.45) is 3.04. The fourth-order valence-electron chi connectivity index (χ4n) is 2.00. The van der Waals surface area contributed by atoms with Crippen LogP contribution in [0.25, 0.3) is 0 Å². The van der Waals surface area contributed by atoms with Gasteiger partial charge in [-0.2, -0.15) is 0 Å². The van der Waals surface area contributed by atoms with Crippen molar-refractivity contribution >= 4 is 5.91 Å². The van der Waals surface area contributed by atoms with Crippen molar-refractivity contribution in [1.29, 1.82) is 0 Å². The van der Waals surface area contributed by atoms with Crippen LogP contribution in [0.3, 0.4) is 0 Å². The van der Waals surface area contributed by atoms with E-state index in [4.69, 9.17) is 4.74 Å². The number of ether oxygens (including phenoxy) is 1. The Morgan fingerprint density at radius 3 is 3.16 bits per heavy atom. The van der Waals surface area contributed by atoms with Crippen molar-refractivity contribution in [2.45, 2.75) is 12.6 Å². The maximum absolute atomic E-state index is 12.4. The van der Waals surface area contributed by atoms with E-state index in [9.17, 15) is 4.79 Å². The zero-order valence-corrected chi connectivity index (χ0v) is 10.9. The summed E-state index contributed by atoms with van der Waals surface area (Å²) in [6, 6.07) is 5.68. The van der Waals surface area contributed by atoms with Crippen LogP contribution in [-0.4, -0.2) is 48.1 Å². The zero-order chi connectivity index (χ0) is 13.5. The highest BCUT2D eigenvalue weighted by Crippen LogP contribution is 2.07. The molecule has 1 aromatic rings. The first kappa shape index (κ1) is 13.7. The zero-order valence-electron chi connectivity index (χ0n) is 10.9. The smallest absolute Gasteiger partial charge is 0.253 e. The second kappa shape index (κ2) is 7.01. The first-order chi connectivity index (χ1) is 9.31. The van der Waals surface area contributed by atoms with Crippen molar-refractivity contribution in [3.63, 3.8) is 0 Å². The maximum Gasteiger partial charge on any atom is 0.253 e. The Morgan fingerprint density at radius 1 is 1.63 bits per heavy atom. The van der Waals surface area contributed by atoms with Gasteiger partial charge in [0.05, 0.1) is 18.8 Å². The first-order valence-electron chi connectivity index (χ1n) is 6.43. The maximum atomic E-state index is 12.4. The minimum Gasteiger partial charge on any atom is -0.366 e. The number of amides is 1. The molecule has 1 atom stereocenters. The van der Waals surface area contributed by atoms with Gasteiger partial charge in [0.15, 0.2) is 0 Å². The molecule has 0 saturated carbocycles. The van der Waals surface area contributed by atoms with Crippen LogP contribution in [0.4, 0.5) is 0 Å². The van der Waals surface area contributed by atoms with Gasteiger partial charge in [-0.15, -0.1) is 6.58 Å². The number of carbonyl (C=O) groups excluding carboxylic acids is 1. The lowest BCUT2D eigenvalue weighted by molar-refractivity contribution is -0.145. The Kier molecular flexibility index (Phi) is 5.06. The van der Waals surface area contributed by atoms with Crippen LogP contribution >= 0.6 is 0 Å². The molecule has 1 amide bonds. The molecule has 5 heteroatoms. The number of morpholine rings is 1. The SMILES string of the molecule is C=CCN(Cc1ccccn1)C(=O)[C@H]1CNCCO1. The van der Waals surface area contributed by atoms with E-state index in [0.717, 1.165) is 12.2 Å². The molecule has 1 aliphatic rings. The molecule has 1 aromatic heterocycles. The molecule has 102 valence electrons. The van der Waals surface area contributed by atoms with Crippen LogP contribution in [0, 0.1) is 0 Å².